The second-order valence-electron chi connectivity index (χ2n) is 2.93. The third-order valence-electron chi connectivity index (χ3n) is 1.86. The lowest BCUT2D eigenvalue weighted by Gasteiger charge is -2.14. The predicted octanol–water partition coefficient (Wildman–Crippen LogP) is 1.88. The van der Waals surface area contributed by atoms with E-state index < -0.39 is 0 Å². The minimum absolute atomic E-state index is 0.453. The van der Waals surface area contributed by atoms with Crippen molar-refractivity contribution in [2.75, 3.05) is 40.2 Å². The molecule has 0 amide bonds. The summed E-state index contributed by atoms with van der Waals surface area (Å²) >= 11 is 0. The first kappa shape index (κ1) is 13.9. The third kappa shape index (κ3) is 7.31. The molecule has 0 spiro atoms. The summed E-state index contributed by atoms with van der Waals surface area (Å²) in [6, 6.07) is 0. The minimum atomic E-state index is 0.453. The fourth-order valence-electron chi connectivity index (χ4n) is 0.762. The fourth-order valence-corrected chi connectivity index (χ4v) is 1.17. The second kappa shape index (κ2) is 9.45. The largest absolute Gasteiger partial charge is 0.496 e. The van der Waals surface area contributed by atoms with E-state index in [9.17, 15) is 0 Å². The molecule has 0 saturated carbocycles. The Kier molecular flexibility index (Phi) is 9.37. The first-order chi connectivity index (χ1) is 6.72. The van der Waals surface area contributed by atoms with Gasteiger partial charge in [-0.05, 0) is 6.66 Å². The molecule has 0 saturated heterocycles. The lowest BCUT2D eigenvalue weighted by molar-refractivity contribution is 0.0410. The number of rotatable bonds is 9. The maximum absolute atomic E-state index is 5.42. The lowest BCUT2D eigenvalue weighted by Crippen LogP contribution is -2.10. The Morgan fingerprint density at radius 2 is 1.93 bits per heavy atom. The van der Waals surface area contributed by atoms with E-state index in [0.29, 0.717) is 32.1 Å². The van der Waals surface area contributed by atoms with Crippen LogP contribution in [0.2, 0.25) is 0 Å². The normalized spacial score (nSPS) is 13.4. The molecule has 0 aromatic carbocycles. The minimum Gasteiger partial charge on any atom is -0.496 e. The van der Waals surface area contributed by atoms with Crippen molar-refractivity contribution in [3.05, 3.63) is 12.3 Å². The Morgan fingerprint density at radius 3 is 2.50 bits per heavy atom. The number of hydrogen-bond donors (Lipinski definition) is 0. The topological polar surface area (TPSA) is 27.7 Å². The summed E-state index contributed by atoms with van der Waals surface area (Å²) in [7, 11) is 2.50. The van der Waals surface area contributed by atoms with E-state index in [-0.39, 0.29) is 0 Å². The van der Waals surface area contributed by atoms with Crippen LogP contribution in [0.5, 0.6) is 0 Å². The molecule has 84 valence electrons. The highest BCUT2D eigenvalue weighted by atomic mass is 31.1. The van der Waals surface area contributed by atoms with E-state index in [2.05, 4.69) is 20.2 Å². The smallest absolute Gasteiger partial charge is 0.111 e. The molecule has 0 aliphatic heterocycles. The standard InChI is InChI=1S/C10H21O3P/c1-9(10(2)14-4)13-8-7-12-6-5-11-3/h10,14H,1,5-8H2,2-4H3. The molecule has 14 heavy (non-hydrogen) atoms. The first-order valence-corrected chi connectivity index (χ1v) is 6.35. The molecule has 2 unspecified atom stereocenters. The van der Waals surface area contributed by atoms with Crippen LogP contribution in [0.25, 0.3) is 0 Å². The Hall–Kier alpha value is -0.110. The van der Waals surface area contributed by atoms with Crippen LogP contribution in [0, 0.1) is 0 Å². The van der Waals surface area contributed by atoms with Gasteiger partial charge in [-0.25, -0.2) is 0 Å². The zero-order chi connectivity index (χ0) is 10.8. The zero-order valence-corrected chi connectivity index (χ0v) is 10.3. The summed E-state index contributed by atoms with van der Waals surface area (Å²) in [5.74, 6) is 0.862. The van der Waals surface area contributed by atoms with Gasteiger partial charge in [-0.15, -0.1) is 8.58 Å². The monoisotopic (exact) mass is 220 g/mol. The van der Waals surface area contributed by atoms with Crippen molar-refractivity contribution in [1.82, 2.24) is 0 Å². The van der Waals surface area contributed by atoms with Crippen LogP contribution in [0.15, 0.2) is 12.3 Å². The molecule has 0 radical (unpaired) electrons. The third-order valence-corrected chi connectivity index (χ3v) is 3.05. The number of allylic oxidation sites excluding steroid dienone is 1. The van der Waals surface area contributed by atoms with Gasteiger partial charge >= 0.3 is 0 Å². The lowest BCUT2D eigenvalue weighted by atomic mass is 10.4. The molecule has 2 atom stereocenters. The van der Waals surface area contributed by atoms with Gasteiger partial charge in [0, 0.05) is 12.8 Å². The molecule has 0 rings (SSSR count). The zero-order valence-electron chi connectivity index (χ0n) is 9.34. The molecule has 0 fully saturated rings. The van der Waals surface area contributed by atoms with Gasteiger partial charge in [-0.3, -0.25) is 0 Å². The van der Waals surface area contributed by atoms with Crippen molar-refractivity contribution < 1.29 is 14.2 Å². The summed E-state index contributed by atoms with van der Waals surface area (Å²) < 4.78 is 15.5. The Bertz CT molecular complexity index is 150. The van der Waals surface area contributed by atoms with Gasteiger partial charge in [-0.2, -0.15) is 0 Å². The highest BCUT2D eigenvalue weighted by Gasteiger charge is 2.03. The van der Waals surface area contributed by atoms with E-state index in [0.717, 1.165) is 14.3 Å². The summed E-state index contributed by atoms with van der Waals surface area (Å²) in [5.41, 5.74) is 0.453. The van der Waals surface area contributed by atoms with Gasteiger partial charge < -0.3 is 14.2 Å². The van der Waals surface area contributed by atoms with Crippen molar-refractivity contribution in [2.45, 2.75) is 12.6 Å². The van der Waals surface area contributed by atoms with E-state index in [4.69, 9.17) is 14.2 Å². The molecule has 0 aromatic heterocycles. The molecule has 0 bridgehead atoms. The molecular formula is C10H21O3P. The van der Waals surface area contributed by atoms with Crippen molar-refractivity contribution in [3.8, 4) is 0 Å². The van der Waals surface area contributed by atoms with Gasteiger partial charge in [0.1, 0.15) is 6.61 Å². The summed E-state index contributed by atoms with van der Waals surface area (Å²) in [5, 5.41) is 0. The van der Waals surface area contributed by atoms with Crippen LogP contribution in [0.3, 0.4) is 0 Å². The van der Waals surface area contributed by atoms with E-state index in [1.165, 1.54) is 0 Å². The summed E-state index contributed by atoms with van der Waals surface area (Å²) in [4.78, 5) is 0. The van der Waals surface area contributed by atoms with Crippen LogP contribution in [-0.2, 0) is 14.2 Å². The molecular weight excluding hydrogens is 199 g/mol. The molecule has 4 heteroatoms. The van der Waals surface area contributed by atoms with Crippen LogP contribution >= 0.6 is 8.58 Å². The Balaban J connectivity index is 3.23. The SMILES string of the molecule is C=C(OCCOCCOC)C(C)PC. The Labute approximate surface area is 88.6 Å². The average Bonchev–Trinajstić information content (AvgIpc) is 2.21. The van der Waals surface area contributed by atoms with Crippen molar-refractivity contribution >= 4 is 8.58 Å². The fraction of sp³-hybridized carbons (Fsp3) is 0.800. The molecule has 0 heterocycles. The van der Waals surface area contributed by atoms with E-state index in [1.54, 1.807) is 7.11 Å². The first-order valence-electron chi connectivity index (χ1n) is 4.78. The maximum atomic E-state index is 5.42. The molecule has 0 aromatic rings. The van der Waals surface area contributed by atoms with Crippen molar-refractivity contribution in [2.24, 2.45) is 0 Å². The van der Waals surface area contributed by atoms with E-state index in [1.807, 2.05) is 0 Å². The van der Waals surface area contributed by atoms with Gasteiger partial charge in [-0.1, -0.05) is 13.5 Å². The number of methoxy groups -OCH3 is 1. The number of hydrogen-bond acceptors (Lipinski definition) is 3. The quantitative estimate of drug-likeness (QED) is 0.337. The summed E-state index contributed by atoms with van der Waals surface area (Å²) in [6.45, 7) is 10.6. The average molecular weight is 220 g/mol. The highest BCUT2D eigenvalue weighted by molar-refractivity contribution is 7.38. The molecule has 0 N–H and O–H groups in total. The van der Waals surface area contributed by atoms with Crippen LogP contribution in [-0.4, -0.2) is 45.9 Å². The van der Waals surface area contributed by atoms with Gasteiger partial charge in [0.15, 0.2) is 0 Å². The predicted molar refractivity (Wildman–Crippen MR) is 61.5 cm³/mol. The molecule has 0 aliphatic carbocycles. The Morgan fingerprint density at radius 1 is 1.29 bits per heavy atom. The van der Waals surface area contributed by atoms with Gasteiger partial charge in [0.25, 0.3) is 0 Å². The van der Waals surface area contributed by atoms with E-state index >= 15 is 0 Å². The molecule has 3 nitrogen and oxygen atoms in total. The van der Waals surface area contributed by atoms with Crippen LogP contribution < -0.4 is 0 Å². The highest BCUT2D eigenvalue weighted by Crippen LogP contribution is 2.20. The van der Waals surface area contributed by atoms with Crippen LogP contribution in [0.1, 0.15) is 6.92 Å². The van der Waals surface area contributed by atoms with Crippen LogP contribution in [0.4, 0.5) is 0 Å². The van der Waals surface area contributed by atoms with Gasteiger partial charge in [0.05, 0.1) is 25.6 Å². The molecule has 0 aliphatic rings. The van der Waals surface area contributed by atoms with Crippen molar-refractivity contribution in [1.29, 1.82) is 0 Å². The van der Waals surface area contributed by atoms with Crippen molar-refractivity contribution in [3.63, 3.8) is 0 Å². The second-order valence-corrected chi connectivity index (χ2v) is 4.37. The maximum Gasteiger partial charge on any atom is 0.111 e. The summed E-state index contributed by atoms with van der Waals surface area (Å²) in [6.07, 6.45) is 0. The van der Waals surface area contributed by atoms with Gasteiger partial charge in [0.2, 0.25) is 0 Å². The number of ether oxygens (including phenoxy) is 3.